The summed E-state index contributed by atoms with van der Waals surface area (Å²) in [5.41, 5.74) is 6.47. The van der Waals surface area contributed by atoms with Gasteiger partial charge in [-0.3, -0.25) is 14.4 Å². The van der Waals surface area contributed by atoms with Gasteiger partial charge in [-0.25, -0.2) is 19.3 Å². The molecule has 0 radical (unpaired) electrons. The van der Waals surface area contributed by atoms with Crippen LogP contribution in [0, 0.1) is 11.7 Å². The minimum atomic E-state index is -4.66. The Bertz CT molecular complexity index is 1730. The molecule has 1 aliphatic rings. The van der Waals surface area contributed by atoms with Gasteiger partial charge in [-0.15, -0.1) is 0 Å². The van der Waals surface area contributed by atoms with Crippen LogP contribution < -0.4 is 11.3 Å². The lowest BCUT2D eigenvalue weighted by Crippen LogP contribution is -2.22. The molecule has 0 unspecified atom stereocenters. The highest BCUT2D eigenvalue weighted by Crippen LogP contribution is 2.37. The molecule has 1 saturated carbocycles. The monoisotopic (exact) mass is 555 g/mol. The van der Waals surface area contributed by atoms with Crippen LogP contribution in [0.5, 0.6) is 0 Å². The highest BCUT2D eigenvalue weighted by atomic mass is 19.4. The Kier molecular flexibility index (Phi) is 6.90. The van der Waals surface area contributed by atoms with Crippen molar-refractivity contribution in [3.05, 3.63) is 81.7 Å². The van der Waals surface area contributed by atoms with Crippen molar-refractivity contribution < 1.29 is 22.3 Å². The van der Waals surface area contributed by atoms with Gasteiger partial charge in [0.25, 0.3) is 5.56 Å². The average Bonchev–Trinajstić information content (AvgIpc) is 3.69. The number of benzene rings is 1. The second-order valence-corrected chi connectivity index (χ2v) is 9.44. The predicted molar refractivity (Wildman–Crippen MR) is 141 cm³/mol. The van der Waals surface area contributed by atoms with E-state index in [1.165, 1.54) is 36.9 Å². The van der Waals surface area contributed by atoms with E-state index in [2.05, 4.69) is 19.9 Å². The highest BCUT2D eigenvalue weighted by Gasteiger charge is 2.35. The Morgan fingerprint density at radius 1 is 1.20 bits per heavy atom. The van der Waals surface area contributed by atoms with Crippen molar-refractivity contribution in [2.45, 2.75) is 25.6 Å². The van der Waals surface area contributed by atoms with Gasteiger partial charge in [-0.1, -0.05) is 6.07 Å². The van der Waals surface area contributed by atoms with Crippen molar-refractivity contribution in [2.75, 3.05) is 14.2 Å². The number of allylic oxidation sites excluding steroid dienone is 1. The maximum Gasteiger partial charge on any atom is 0.434 e. The molecule has 2 N–H and O–H groups in total. The normalized spacial score (nSPS) is 14.9. The number of nitrogens with zero attached hydrogens (tertiary/aromatic N) is 6. The van der Waals surface area contributed by atoms with Gasteiger partial charge in [0.1, 0.15) is 17.3 Å². The molecule has 0 atom stereocenters. The van der Waals surface area contributed by atoms with Crippen molar-refractivity contribution in [2.24, 2.45) is 23.7 Å². The number of hydrogen-bond acceptors (Lipinski definition) is 7. The summed E-state index contributed by atoms with van der Waals surface area (Å²) in [5, 5.41) is 0.560. The Labute approximate surface area is 225 Å². The smallest absolute Gasteiger partial charge is 0.434 e. The number of aliphatic imine (C=N–C) groups is 1. The molecule has 208 valence electrons. The molecule has 0 aliphatic heterocycles. The van der Waals surface area contributed by atoms with Crippen LogP contribution in [0.25, 0.3) is 28.0 Å². The SMILES string of the molecule is CN=C(OC)/C(=C(\N)C1CC1)c1ncc2ccc(=O)n(Cc3ccc(-c4nc(C(F)(F)F)cn4C)c(F)c3)c2n1. The van der Waals surface area contributed by atoms with Crippen LogP contribution in [0.1, 0.15) is 29.9 Å². The molecule has 1 aliphatic carbocycles. The van der Waals surface area contributed by atoms with E-state index in [9.17, 15) is 18.0 Å². The predicted octanol–water partition coefficient (Wildman–Crippen LogP) is 4.15. The fourth-order valence-corrected chi connectivity index (χ4v) is 4.47. The zero-order valence-electron chi connectivity index (χ0n) is 21.8. The fourth-order valence-electron chi connectivity index (χ4n) is 4.47. The third-order valence-electron chi connectivity index (χ3n) is 6.64. The van der Waals surface area contributed by atoms with Gasteiger partial charge in [-0.05, 0) is 42.5 Å². The van der Waals surface area contributed by atoms with Crippen LogP contribution in [0.2, 0.25) is 0 Å². The van der Waals surface area contributed by atoms with Gasteiger partial charge in [0.15, 0.2) is 11.5 Å². The Hall–Kier alpha value is -4.55. The van der Waals surface area contributed by atoms with Crippen molar-refractivity contribution in [1.82, 2.24) is 24.1 Å². The first-order chi connectivity index (χ1) is 19.0. The molecule has 0 spiro atoms. The van der Waals surface area contributed by atoms with E-state index in [0.29, 0.717) is 22.2 Å². The zero-order valence-corrected chi connectivity index (χ0v) is 21.8. The second kappa shape index (κ2) is 10.2. The number of rotatable bonds is 6. The van der Waals surface area contributed by atoms with Crippen molar-refractivity contribution in [3.8, 4) is 11.4 Å². The summed E-state index contributed by atoms with van der Waals surface area (Å²) in [6.07, 6.45) is -0.461. The molecular formula is C27H25F4N7O2. The molecule has 1 aromatic carbocycles. The van der Waals surface area contributed by atoms with E-state index in [-0.39, 0.29) is 41.2 Å². The Morgan fingerprint density at radius 2 is 1.95 bits per heavy atom. The number of methoxy groups -OCH3 is 1. The maximum atomic E-state index is 15.2. The minimum Gasteiger partial charge on any atom is -0.481 e. The highest BCUT2D eigenvalue weighted by molar-refractivity contribution is 6.19. The molecule has 40 heavy (non-hydrogen) atoms. The topological polar surface area (TPSA) is 113 Å². The summed E-state index contributed by atoms with van der Waals surface area (Å²) in [6.45, 7) is -0.0612. The molecule has 9 nitrogen and oxygen atoms in total. The van der Waals surface area contributed by atoms with E-state index in [1.54, 1.807) is 19.3 Å². The summed E-state index contributed by atoms with van der Waals surface area (Å²) < 4.78 is 62.3. The summed E-state index contributed by atoms with van der Waals surface area (Å²) in [5.74, 6) is -0.304. The molecule has 4 aromatic rings. The zero-order chi connectivity index (χ0) is 28.8. The van der Waals surface area contributed by atoms with Gasteiger partial charge >= 0.3 is 6.18 Å². The molecule has 13 heteroatoms. The van der Waals surface area contributed by atoms with Gasteiger partial charge < -0.3 is 15.0 Å². The number of hydrogen-bond donors (Lipinski definition) is 1. The summed E-state index contributed by atoms with van der Waals surface area (Å²) in [7, 11) is 4.38. The van der Waals surface area contributed by atoms with E-state index in [0.717, 1.165) is 29.7 Å². The summed E-state index contributed by atoms with van der Waals surface area (Å²) >= 11 is 0. The van der Waals surface area contributed by atoms with E-state index < -0.39 is 23.2 Å². The number of aryl methyl sites for hydroxylation is 1. The Balaban J connectivity index is 1.56. The third-order valence-corrected chi connectivity index (χ3v) is 6.64. The van der Waals surface area contributed by atoms with Crippen LogP contribution in [0.15, 0.2) is 58.2 Å². The number of imidazole rings is 1. The first-order valence-electron chi connectivity index (χ1n) is 12.3. The first-order valence-corrected chi connectivity index (χ1v) is 12.3. The molecule has 3 heterocycles. The molecule has 5 rings (SSSR count). The van der Waals surface area contributed by atoms with Crippen LogP contribution in [-0.2, 0) is 24.5 Å². The quantitative estimate of drug-likeness (QED) is 0.217. The third kappa shape index (κ3) is 5.06. The number of ether oxygens (including phenoxy) is 1. The number of alkyl halides is 3. The summed E-state index contributed by atoms with van der Waals surface area (Å²) in [4.78, 5) is 29.7. The molecule has 0 bridgehead atoms. The standard InChI is InChI=1S/C27H25F4N7O2/c1-33-26(40-3)21(22(32)15-5-6-15)23-34-11-16-7-9-20(39)38(24(16)36-23)12-14-4-8-17(18(28)10-14)25-35-19(13-37(25)2)27(29,30)31/h4,7-11,13,15H,5-6,12,32H2,1-3H3/b22-21-,33-26?. The lowest BCUT2D eigenvalue weighted by molar-refractivity contribution is -0.140. The molecule has 0 amide bonds. The van der Waals surface area contributed by atoms with Gasteiger partial charge in [-0.2, -0.15) is 13.2 Å². The first kappa shape index (κ1) is 27.0. The number of halogens is 4. The van der Waals surface area contributed by atoms with Gasteiger partial charge in [0, 0.05) is 43.6 Å². The number of nitrogens with two attached hydrogens (primary N) is 1. The lowest BCUT2D eigenvalue weighted by atomic mass is 10.1. The Morgan fingerprint density at radius 3 is 2.55 bits per heavy atom. The largest absolute Gasteiger partial charge is 0.481 e. The maximum absolute atomic E-state index is 15.2. The van der Waals surface area contributed by atoms with Gasteiger partial charge in [0.2, 0.25) is 5.90 Å². The number of fused-ring (bicyclic) bond motifs is 1. The number of aromatic nitrogens is 5. The van der Waals surface area contributed by atoms with Crippen LogP contribution >= 0.6 is 0 Å². The molecular weight excluding hydrogens is 530 g/mol. The van der Waals surface area contributed by atoms with Crippen LogP contribution in [0.4, 0.5) is 17.6 Å². The van der Waals surface area contributed by atoms with Crippen molar-refractivity contribution >= 4 is 22.5 Å². The molecule has 3 aromatic heterocycles. The summed E-state index contributed by atoms with van der Waals surface area (Å²) in [6, 6.07) is 6.96. The average molecular weight is 556 g/mol. The van der Waals surface area contributed by atoms with E-state index in [4.69, 9.17) is 10.5 Å². The van der Waals surface area contributed by atoms with Crippen LogP contribution in [-0.4, -0.2) is 44.1 Å². The lowest BCUT2D eigenvalue weighted by Gasteiger charge is -2.14. The fraction of sp³-hybridized carbons (Fsp3) is 0.296. The molecule has 0 saturated heterocycles. The molecule has 1 fully saturated rings. The second-order valence-electron chi connectivity index (χ2n) is 9.44. The number of pyridine rings is 1. The van der Waals surface area contributed by atoms with E-state index >= 15 is 4.39 Å². The van der Waals surface area contributed by atoms with E-state index in [1.807, 2.05) is 0 Å². The van der Waals surface area contributed by atoms with Gasteiger partial charge in [0.05, 0.1) is 24.8 Å². The van der Waals surface area contributed by atoms with Crippen LogP contribution in [0.3, 0.4) is 0 Å². The van der Waals surface area contributed by atoms with Crippen molar-refractivity contribution in [1.29, 1.82) is 0 Å². The minimum absolute atomic E-state index is 0.0612. The van der Waals surface area contributed by atoms with Crippen molar-refractivity contribution in [3.63, 3.8) is 0 Å².